The molecule has 0 fully saturated rings. The van der Waals surface area contributed by atoms with Crippen LogP contribution in [0.5, 0.6) is 0 Å². The van der Waals surface area contributed by atoms with Crippen LogP contribution in [0.2, 0.25) is 0 Å². The number of aliphatic carboxylic acids is 1. The van der Waals surface area contributed by atoms with Crippen LogP contribution in [0.15, 0.2) is 24.3 Å². The SMILES string of the molecule is CCCCC/C=C/CC1C(CCCCCC)C=CC(CCCCCCCC(=O)O)C1C. The van der Waals surface area contributed by atoms with Crippen LogP contribution in [0.25, 0.3) is 0 Å². The van der Waals surface area contributed by atoms with Crippen LogP contribution in [-0.4, -0.2) is 11.1 Å². The first kappa shape index (κ1) is 28.0. The summed E-state index contributed by atoms with van der Waals surface area (Å²) in [6, 6.07) is 0. The molecule has 0 amide bonds. The van der Waals surface area contributed by atoms with Gasteiger partial charge in [-0.15, -0.1) is 0 Å². The van der Waals surface area contributed by atoms with Crippen molar-refractivity contribution in [2.24, 2.45) is 23.7 Å². The Balaban J connectivity index is 2.48. The van der Waals surface area contributed by atoms with E-state index in [-0.39, 0.29) is 0 Å². The molecule has 0 radical (unpaired) electrons. The summed E-state index contributed by atoms with van der Waals surface area (Å²) in [6.07, 6.45) is 30.7. The minimum absolute atomic E-state index is 0.329. The molecule has 0 aromatic heterocycles. The zero-order chi connectivity index (χ0) is 22.7. The summed E-state index contributed by atoms with van der Waals surface area (Å²) in [4.78, 5) is 10.6. The van der Waals surface area contributed by atoms with Gasteiger partial charge in [0.2, 0.25) is 0 Å². The highest BCUT2D eigenvalue weighted by Crippen LogP contribution is 2.41. The van der Waals surface area contributed by atoms with E-state index in [1.54, 1.807) is 0 Å². The molecule has 0 saturated carbocycles. The number of carboxylic acid groups (broad SMARTS) is 1. The van der Waals surface area contributed by atoms with Crippen LogP contribution in [0, 0.1) is 23.7 Å². The highest BCUT2D eigenvalue weighted by atomic mass is 16.4. The fourth-order valence-corrected chi connectivity index (χ4v) is 5.25. The Hall–Kier alpha value is -1.05. The van der Waals surface area contributed by atoms with Crippen molar-refractivity contribution in [2.75, 3.05) is 0 Å². The Morgan fingerprint density at radius 1 is 0.774 bits per heavy atom. The first-order chi connectivity index (χ1) is 15.1. The second-order valence-electron chi connectivity index (χ2n) is 9.99. The van der Waals surface area contributed by atoms with E-state index in [1.807, 2.05) is 0 Å². The van der Waals surface area contributed by atoms with Gasteiger partial charge >= 0.3 is 5.97 Å². The third-order valence-electron chi connectivity index (χ3n) is 7.37. The van der Waals surface area contributed by atoms with Crippen molar-refractivity contribution in [3.63, 3.8) is 0 Å². The number of hydrogen-bond acceptors (Lipinski definition) is 1. The van der Waals surface area contributed by atoms with E-state index in [2.05, 4.69) is 45.1 Å². The van der Waals surface area contributed by atoms with Gasteiger partial charge in [0.25, 0.3) is 0 Å². The van der Waals surface area contributed by atoms with Crippen molar-refractivity contribution in [2.45, 2.75) is 130 Å². The van der Waals surface area contributed by atoms with Crippen molar-refractivity contribution < 1.29 is 9.90 Å². The summed E-state index contributed by atoms with van der Waals surface area (Å²) in [5.41, 5.74) is 0. The molecule has 0 aliphatic heterocycles. The monoisotopic (exact) mass is 432 g/mol. The van der Waals surface area contributed by atoms with E-state index in [4.69, 9.17) is 5.11 Å². The Morgan fingerprint density at radius 2 is 1.35 bits per heavy atom. The average Bonchev–Trinajstić information content (AvgIpc) is 2.75. The molecule has 0 bridgehead atoms. The minimum atomic E-state index is -0.657. The summed E-state index contributed by atoms with van der Waals surface area (Å²) < 4.78 is 0. The molecule has 1 aliphatic carbocycles. The summed E-state index contributed by atoms with van der Waals surface area (Å²) in [5, 5.41) is 8.75. The Bertz CT molecular complexity index is 493. The summed E-state index contributed by atoms with van der Waals surface area (Å²) in [7, 11) is 0. The van der Waals surface area contributed by atoms with Crippen LogP contribution in [0.3, 0.4) is 0 Å². The predicted molar refractivity (Wildman–Crippen MR) is 135 cm³/mol. The highest BCUT2D eigenvalue weighted by molar-refractivity contribution is 5.66. The number of carboxylic acids is 1. The smallest absolute Gasteiger partial charge is 0.303 e. The van der Waals surface area contributed by atoms with E-state index in [0.717, 1.165) is 36.5 Å². The van der Waals surface area contributed by atoms with E-state index < -0.39 is 5.97 Å². The topological polar surface area (TPSA) is 37.3 Å². The second kappa shape index (κ2) is 18.5. The van der Waals surface area contributed by atoms with E-state index in [1.165, 1.54) is 89.9 Å². The van der Waals surface area contributed by atoms with Crippen molar-refractivity contribution in [3.8, 4) is 0 Å². The third kappa shape index (κ3) is 13.2. The standard InChI is InChI=1S/C29H52O2/c1-4-6-8-10-13-17-21-28-25(3)26(19-16-12-11-14-18-22-29(30)31)23-24-27(28)20-15-9-7-5-2/h13,17,23-28H,4-12,14-16,18-22H2,1-3H3,(H,30,31)/b17-13+. The number of allylic oxidation sites excluding steroid dienone is 4. The molecule has 2 nitrogen and oxygen atoms in total. The van der Waals surface area contributed by atoms with Crippen LogP contribution in [0.1, 0.15) is 130 Å². The Kier molecular flexibility index (Phi) is 16.7. The Morgan fingerprint density at radius 3 is 2.06 bits per heavy atom. The minimum Gasteiger partial charge on any atom is -0.481 e. The highest BCUT2D eigenvalue weighted by Gasteiger charge is 2.31. The van der Waals surface area contributed by atoms with Gasteiger partial charge in [-0.05, 0) is 62.2 Å². The molecule has 180 valence electrons. The molecule has 1 aliphatic rings. The van der Waals surface area contributed by atoms with Gasteiger partial charge < -0.3 is 5.11 Å². The van der Waals surface area contributed by atoms with Gasteiger partial charge in [-0.1, -0.05) is 109 Å². The molecule has 1 N–H and O–H groups in total. The lowest BCUT2D eigenvalue weighted by molar-refractivity contribution is -0.137. The van der Waals surface area contributed by atoms with Crippen LogP contribution in [0.4, 0.5) is 0 Å². The molecule has 4 atom stereocenters. The Labute approximate surface area is 194 Å². The van der Waals surface area contributed by atoms with Gasteiger partial charge in [0.05, 0.1) is 0 Å². The fourth-order valence-electron chi connectivity index (χ4n) is 5.25. The maximum atomic E-state index is 10.6. The normalized spacial score (nSPS) is 23.6. The molecule has 0 aromatic rings. The van der Waals surface area contributed by atoms with Gasteiger partial charge in [0.1, 0.15) is 0 Å². The van der Waals surface area contributed by atoms with E-state index >= 15 is 0 Å². The molecular weight excluding hydrogens is 380 g/mol. The van der Waals surface area contributed by atoms with Crippen LogP contribution in [-0.2, 0) is 4.79 Å². The molecule has 0 heterocycles. The van der Waals surface area contributed by atoms with Crippen LogP contribution >= 0.6 is 0 Å². The van der Waals surface area contributed by atoms with Gasteiger partial charge in [0.15, 0.2) is 0 Å². The quantitative estimate of drug-likeness (QED) is 0.163. The molecular formula is C29H52O2. The van der Waals surface area contributed by atoms with Crippen molar-refractivity contribution in [1.29, 1.82) is 0 Å². The van der Waals surface area contributed by atoms with Gasteiger partial charge in [-0.3, -0.25) is 4.79 Å². The first-order valence-corrected chi connectivity index (χ1v) is 13.6. The number of unbranched alkanes of at least 4 members (excludes halogenated alkanes) is 10. The van der Waals surface area contributed by atoms with Gasteiger partial charge in [0, 0.05) is 6.42 Å². The second-order valence-corrected chi connectivity index (χ2v) is 9.99. The number of rotatable bonds is 19. The summed E-state index contributed by atoms with van der Waals surface area (Å²) in [5.74, 6) is 2.41. The lowest BCUT2D eigenvalue weighted by Gasteiger charge is -2.38. The lowest BCUT2D eigenvalue weighted by Crippen LogP contribution is -2.29. The molecule has 0 saturated heterocycles. The van der Waals surface area contributed by atoms with E-state index in [0.29, 0.717) is 6.42 Å². The average molecular weight is 433 g/mol. The number of hydrogen-bond donors (Lipinski definition) is 1. The number of carbonyl (C=O) groups is 1. The lowest BCUT2D eigenvalue weighted by atomic mass is 9.67. The molecule has 4 unspecified atom stereocenters. The van der Waals surface area contributed by atoms with Gasteiger partial charge in [-0.2, -0.15) is 0 Å². The largest absolute Gasteiger partial charge is 0.481 e. The van der Waals surface area contributed by atoms with Crippen molar-refractivity contribution in [1.82, 2.24) is 0 Å². The van der Waals surface area contributed by atoms with Crippen molar-refractivity contribution in [3.05, 3.63) is 24.3 Å². The predicted octanol–water partition coefficient (Wildman–Crippen LogP) is 9.35. The summed E-state index contributed by atoms with van der Waals surface area (Å²) in [6.45, 7) is 7.08. The maximum Gasteiger partial charge on any atom is 0.303 e. The molecule has 1 rings (SSSR count). The zero-order valence-electron chi connectivity index (χ0n) is 21.0. The molecule has 0 spiro atoms. The maximum absolute atomic E-state index is 10.6. The molecule has 2 heteroatoms. The third-order valence-corrected chi connectivity index (χ3v) is 7.37. The molecule has 31 heavy (non-hydrogen) atoms. The zero-order valence-corrected chi connectivity index (χ0v) is 21.0. The van der Waals surface area contributed by atoms with E-state index in [9.17, 15) is 4.79 Å². The first-order valence-electron chi connectivity index (χ1n) is 13.6. The fraction of sp³-hybridized carbons (Fsp3) is 0.828. The molecule has 0 aromatic carbocycles. The van der Waals surface area contributed by atoms with Crippen molar-refractivity contribution >= 4 is 5.97 Å². The van der Waals surface area contributed by atoms with Gasteiger partial charge in [-0.25, -0.2) is 0 Å². The summed E-state index contributed by atoms with van der Waals surface area (Å²) >= 11 is 0. The van der Waals surface area contributed by atoms with Crippen LogP contribution < -0.4 is 0 Å².